The Hall–Kier alpha value is -1.16. The zero-order chi connectivity index (χ0) is 11.1. The van der Waals surface area contributed by atoms with E-state index >= 15 is 0 Å². The summed E-state index contributed by atoms with van der Waals surface area (Å²) in [6.45, 7) is 0. The van der Waals surface area contributed by atoms with Gasteiger partial charge < -0.3 is 10.8 Å². The smallest absolute Gasteiger partial charge is 0.314 e. The van der Waals surface area contributed by atoms with Gasteiger partial charge in [-0.15, -0.1) is 11.8 Å². The van der Waals surface area contributed by atoms with Crippen LogP contribution in [0.25, 0.3) is 0 Å². The zero-order valence-corrected chi connectivity index (χ0v) is 9.30. The van der Waals surface area contributed by atoms with Crippen LogP contribution >= 0.6 is 11.8 Å². The van der Waals surface area contributed by atoms with Crippen LogP contribution in [0.5, 0.6) is 0 Å². The largest absolute Gasteiger partial charge is 0.481 e. The molecule has 1 saturated carbocycles. The second kappa shape index (κ2) is 3.45. The molecule has 0 radical (unpaired) electrons. The van der Waals surface area contributed by atoms with Crippen LogP contribution in [0.4, 0.5) is 5.69 Å². The van der Waals surface area contributed by atoms with Crippen molar-refractivity contribution in [3.8, 4) is 0 Å². The summed E-state index contributed by atoms with van der Waals surface area (Å²) in [6, 6.07) is 5.53. The maximum atomic E-state index is 11.1. The Balaban J connectivity index is 2.42. The van der Waals surface area contributed by atoms with Crippen molar-refractivity contribution >= 4 is 23.4 Å². The molecule has 0 saturated heterocycles. The molecule has 1 fully saturated rings. The van der Waals surface area contributed by atoms with E-state index < -0.39 is 11.4 Å². The molecule has 2 rings (SSSR count). The van der Waals surface area contributed by atoms with E-state index in [2.05, 4.69) is 0 Å². The number of carbonyl (C=O) groups is 1. The third kappa shape index (κ3) is 1.59. The molecular weight excluding hydrogens is 210 g/mol. The summed E-state index contributed by atoms with van der Waals surface area (Å²) in [5, 5.41) is 9.15. The van der Waals surface area contributed by atoms with Crippen LogP contribution in [-0.4, -0.2) is 17.3 Å². The molecule has 0 spiro atoms. The maximum absolute atomic E-state index is 11.1. The molecular formula is C11H13NO2S. The summed E-state index contributed by atoms with van der Waals surface area (Å²) >= 11 is 1.55. The molecule has 0 aromatic heterocycles. The van der Waals surface area contributed by atoms with E-state index in [1.54, 1.807) is 17.8 Å². The Bertz CT molecular complexity index is 413. The third-order valence-corrected chi connectivity index (χ3v) is 3.74. The molecule has 1 aromatic carbocycles. The Morgan fingerprint density at radius 3 is 2.67 bits per heavy atom. The molecule has 4 heteroatoms. The van der Waals surface area contributed by atoms with Gasteiger partial charge in [-0.25, -0.2) is 0 Å². The molecule has 0 unspecified atom stereocenters. The lowest BCUT2D eigenvalue weighted by atomic mass is 9.96. The molecule has 80 valence electrons. The SMILES string of the molecule is CSc1cc(C2(C(=O)O)CC2)ccc1N. The first-order chi connectivity index (χ1) is 7.10. The number of hydrogen-bond donors (Lipinski definition) is 2. The van der Waals surface area contributed by atoms with E-state index in [9.17, 15) is 4.79 Å². The van der Waals surface area contributed by atoms with Crippen LogP contribution in [0.1, 0.15) is 18.4 Å². The average molecular weight is 223 g/mol. The van der Waals surface area contributed by atoms with Crippen molar-refractivity contribution in [3.63, 3.8) is 0 Å². The van der Waals surface area contributed by atoms with Gasteiger partial charge >= 0.3 is 5.97 Å². The standard InChI is InChI=1S/C11H13NO2S/c1-15-9-6-7(2-3-8(9)12)11(4-5-11)10(13)14/h2-3,6H,4-5,12H2,1H3,(H,13,14). The molecule has 1 aliphatic rings. The third-order valence-electron chi connectivity index (χ3n) is 2.95. The van der Waals surface area contributed by atoms with Gasteiger partial charge in [0.25, 0.3) is 0 Å². The van der Waals surface area contributed by atoms with Gasteiger partial charge in [0.1, 0.15) is 0 Å². The minimum absolute atomic E-state index is 0.627. The fourth-order valence-corrected chi connectivity index (χ4v) is 2.31. The molecule has 3 nitrogen and oxygen atoms in total. The number of carboxylic acids is 1. The summed E-state index contributed by atoms with van der Waals surface area (Å²) in [6.07, 6.45) is 3.41. The Morgan fingerprint density at radius 2 is 2.20 bits per heavy atom. The van der Waals surface area contributed by atoms with Crippen molar-refractivity contribution in [2.24, 2.45) is 0 Å². The first-order valence-electron chi connectivity index (χ1n) is 4.77. The van der Waals surface area contributed by atoms with Gasteiger partial charge in [0.05, 0.1) is 5.41 Å². The number of nitrogen functional groups attached to an aromatic ring is 1. The summed E-state index contributed by atoms with van der Waals surface area (Å²) in [4.78, 5) is 12.1. The lowest BCUT2D eigenvalue weighted by Crippen LogP contribution is -2.19. The van der Waals surface area contributed by atoms with Gasteiger partial charge in [-0.1, -0.05) is 6.07 Å². The van der Waals surface area contributed by atoms with E-state index in [4.69, 9.17) is 10.8 Å². The van der Waals surface area contributed by atoms with E-state index in [0.29, 0.717) is 5.69 Å². The number of nitrogens with two attached hydrogens (primary N) is 1. The lowest BCUT2D eigenvalue weighted by Gasteiger charge is -2.12. The molecule has 1 aromatic rings. The van der Waals surface area contributed by atoms with E-state index in [0.717, 1.165) is 23.3 Å². The molecule has 0 atom stereocenters. The van der Waals surface area contributed by atoms with Crippen molar-refractivity contribution in [1.82, 2.24) is 0 Å². The van der Waals surface area contributed by atoms with Gasteiger partial charge in [-0.2, -0.15) is 0 Å². The predicted octanol–water partition coefficient (Wildman–Crippen LogP) is 2.11. The van der Waals surface area contributed by atoms with Gasteiger partial charge in [-0.05, 0) is 36.8 Å². The number of thioether (sulfide) groups is 1. The first kappa shape index (κ1) is 10.4. The van der Waals surface area contributed by atoms with Crippen LogP contribution in [0.15, 0.2) is 23.1 Å². The number of aliphatic carboxylic acids is 1. The highest BCUT2D eigenvalue weighted by molar-refractivity contribution is 7.98. The maximum Gasteiger partial charge on any atom is 0.314 e. The monoisotopic (exact) mass is 223 g/mol. The van der Waals surface area contributed by atoms with E-state index in [-0.39, 0.29) is 0 Å². The summed E-state index contributed by atoms with van der Waals surface area (Å²) in [7, 11) is 0. The van der Waals surface area contributed by atoms with Gasteiger partial charge in [0, 0.05) is 10.6 Å². The Kier molecular flexibility index (Phi) is 2.38. The molecule has 0 aliphatic heterocycles. The van der Waals surface area contributed by atoms with Crippen LogP contribution in [-0.2, 0) is 10.2 Å². The Morgan fingerprint density at radius 1 is 1.53 bits per heavy atom. The normalized spacial score (nSPS) is 17.4. The van der Waals surface area contributed by atoms with Crippen molar-refractivity contribution in [1.29, 1.82) is 0 Å². The van der Waals surface area contributed by atoms with Crippen LogP contribution in [0.3, 0.4) is 0 Å². The van der Waals surface area contributed by atoms with Crippen LogP contribution < -0.4 is 5.73 Å². The first-order valence-corrected chi connectivity index (χ1v) is 6.00. The predicted molar refractivity (Wildman–Crippen MR) is 61.2 cm³/mol. The fraction of sp³-hybridized carbons (Fsp3) is 0.364. The fourth-order valence-electron chi connectivity index (χ4n) is 1.76. The zero-order valence-electron chi connectivity index (χ0n) is 8.49. The minimum atomic E-state index is -0.723. The van der Waals surface area contributed by atoms with Crippen molar-refractivity contribution in [2.75, 3.05) is 12.0 Å². The average Bonchev–Trinajstić information content (AvgIpc) is 2.99. The second-order valence-corrected chi connectivity index (χ2v) is 4.69. The second-order valence-electron chi connectivity index (χ2n) is 3.84. The minimum Gasteiger partial charge on any atom is -0.481 e. The number of anilines is 1. The molecule has 1 aliphatic carbocycles. The van der Waals surface area contributed by atoms with Crippen molar-refractivity contribution in [2.45, 2.75) is 23.2 Å². The number of hydrogen-bond acceptors (Lipinski definition) is 3. The number of rotatable bonds is 3. The topological polar surface area (TPSA) is 63.3 Å². The lowest BCUT2D eigenvalue weighted by molar-refractivity contribution is -0.140. The quantitative estimate of drug-likeness (QED) is 0.608. The molecule has 3 N–H and O–H groups in total. The van der Waals surface area contributed by atoms with Crippen molar-refractivity contribution < 1.29 is 9.90 Å². The molecule has 0 heterocycles. The van der Waals surface area contributed by atoms with Crippen LogP contribution in [0.2, 0.25) is 0 Å². The molecule has 15 heavy (non-hydrogen) atoms. The molecule has 0 bridgehead atoms. The Labute approximate surface area is 92.7 Å². The highest BCUT2D eigenvalue weighted by Crippen LogP contribution is 2.49. The highest BCUT2D eigenvalue weighted by Gasteiger charge is 2.51. The number of benzene rings is 1. The molecule has 0 amide bonds. The summed E-state index contributed by atoms with van der Waals surface area (Å²) < 4.78 is 0. The summed E-state index contributed by atoms with van der Waals surface area (Å²) in [5.74, 6) is -0.723. The van der Waals surface area contributed by atoms with Gasteiger partial charge in [-0.3, -0.25) is 4.79 Å². The van der Waals surface area contributed by atoms with E-state index in [1.165, 1.54) is 0 Å². The van der Waals surface area contributed by atoms with E-state index in [1.807, 2.05) is 18.4 Å². The van der Waals surface area contributed by atoms with Crippen LogP contribution in [0, 0.1) is 0 Å². The highest BCUT2D eigenvalue weighted by atomic mass is 32.2. The van der Waals surface area contributed by atoms with Crippen molar-refractivity contribution in [3.05, 3.63) is 23.8 Å². The van der Waals surface area contributed by atoms with Gasteiger partial charge in [0.2, 0.25) is 0 Å². The summed E-state index contributed by atoms with van der Waals surface area (Å²) in [5.41, 5.74) is 6.74. The van der Waals surface area contributed by atoms with Gasteiger partial charge in [0.15, 0.2) is 0 Å². The number of carboxylic acid groups (broad SMARTS) is 1.